The molecule has 1 aromatic heterocycles. The molecule has 0 bridgehead atoms. The molecule has 0 unspecified atom stereocenters. The molecule has 29 heavy (non-hydrogen) atoms. The van der Waals surface area contributed by atoms with Crippen LogP contribution in [-0.4, -0.2) is 19.8 Å². The molecule has 0 aliphatic heterocycles. The minimum absolute atomic E-state index is 0.114. The summed E-state index contributed by atoms with van der Waals surface area (Å²) in [6.45, 7) is 1.48. The lowest BCUT2D eigenvalue weighted by Crippen LogP contribution is -2.23. The molecule has 9 heteroatoms. The fourth-order valence-corrected chi connectivity index (χ4v) is 3.33. The van der Waals surface area contributed by atoms with Crippen LogP contribution in [0.3, 0.4) is 0 Å². The van der Waals surface area contributed by atoms with Crippen LogP contribution >= 0.6 is 0 Å². The van der Waals surface area contributed by atoms with Crippen LogP contribution in [0.25, 0.3) is 5.69 Å². The van der Waals surface area contributed by atoms with E-state index >= 15 is 0 Å². The van der Waals surface area contributed by atoms with Gasteiger partial charge in [-0.25, -0.2) is 4.79 Å². The minimum atomic E-state index is -4.53. The van der Waals surface area contributed by atoms with Gasteiger partial charge in [0.05, 0.1) is 11.3 Å². The number of ether oxygens (including phenoxy) is 1. The summed E-state index contributed by atoms with van der Waals surface area (Å²) in [6.07, 6.45) is -2.55. The Hall–Kier alpha value is -3.10. The van der Waals surface area contributed by atoms with Gasteiger partial charge in [0, 0.05) is 12.6 Å². The average Bonchev–Trinajstić information content (AvgIpc) is 3.46. The lowest BCUT2D eigenvalue weighted by atomic mass is 10.0. The number of aryl methyl sites for hydroxylation is 2. The Kier molecular flexibility index (Phi) is 4.68. The summed E-state index contributed by atoms with van der Waals surface area (Å²) in [5, 5.41) is 7.60. The molecule has 0 amide bonds. The molecule has 4 rings (SSSR count). The van der Waals surface area contributed by atoms with Crippen molar-refractivity contribution in [3.05, 3.63) is 69.1 Å². The number of tetrazole rings is 1. The number of hydrogen-bond acceptors (Lipinski definition) is 4. The number of halogens is 3. The molecule has 1 saturated carbocycles. The quantitative estimate of drug-likeness (QED) is 0.650. The summed E-state index contributed by atoms with van der Waals surface area (Å²) in [4.78, 5) is 12.3. The van der Waals surface area contributed by atoms with Crippen molar-refractivity contribution in [3.8, 4) is 11.4 Å². The van der Waals surface area contributed by atoms with Gasteiger partial charge in [-0.15, -0.1) is 0 Å². The van der Waals surface area contributed by atoms with E-state index in [9.17, 15) is 18.0 Å². The molecule has 1 aliphatic carbocycles. The molecular formula is C20H19F3N4O2. The maximum atomic E-state index is 13.4. The van der Waals surface area contributed by atoms with E-state index in [2.05, 4.69) is 10.4 Å². The first-order valence-corrected chi connectivity index (χ1v) is 9.17. The molecule has 0 atom stereocenters. The zero-order valence-corrected chi connectivity index (χ0v) is 15.9. The summed E-state index contributed by atoms with van der Waals surface area (Å²) in [6, 6.07) is 9.38. The SMILES string of the molecule is Cc1ccc(OCc2c(C3CC3)cccc2-n2nnn(C)c2=O)c(C(F)(F)F)c1. The number of rotatable bonds is 5. The average molecular weight is 404 g/mol. The summed E-state index contributed by atoms with van der Waals surface area (Å²) < 4.78 is 48.2. The molecule has 0 saturated heterocycles. The zero-order chi connectivity index (χ0) is 20.8. The first-order valence-electron chi connectivity index (χ1n) is 9.17. The topological polar surface area (TPSA) is 61.9 Å². The summed E-state index contributed by atoms with van der Waals surface area (Å²) >= 11 is 0. The number of benzene rings is 2. The largest absolute Gasteiger partial charge is 0.488 e. The lowest BCUT2D eigenvalue weighted by Gasteiger charge is -2.18. The van der Waals surface area contributed by atoms with Crippen LogP contribution in [-0.2, 0) is 19.8 Å². The van der Waals surface area contributed by atoms with Gasteiger partial charge in [0.25, 0.3) is 0 Å². The Morgan fingerprint density at radius 3 is 2.55 bits per heavy atom. The molecular weight excluding hydrogens is 385 g/mol. The fraction of sp³-hybridized carbons (Fsp3) is 0.350. The van der Waals surface area contributed by atoms with Gasteiger partial charge in [-0.3, -0.25) is 0 Å². The third-order valence-electron chi connectivity index (χ3n) is 4.97. The number of nitrogens with zero attached hydrogens (tertiary/aromatic N) is 4. The van der Waals surface area contributed by atoms with Crippen molar-refractivity contribution in [2.45, 2.75) is 38.5 Å². The van der Waals surface area contributed by atoms with Gasteiger partial charge in [0.15, 0.2) is 0 Å². The van der Waals surface area contributed by atoms with E-state index < -0.39 is 17.4 Å². The van der Waals surface area contributed by atoms with Crippen molar-refractivity contribution in [1.29, 1.82) is 0 Å². The Labute approximate surface area is 164 Å². The molecule has 0 N–H and O–H groups in total. The Morgan fingerprint density at radius 1 is 1.17 bits per heavy atom. The standard InChI is InChI=1S/C20H19F3N4O2/c1-12-6-9-18(16(10-12)20(21,22)23)29-11-15-14(13-7-8-13)4-3-5-17(15)27-19(28)26(2)24-25-27/h3-6,9-10,13H,7-8,11H2,1-2H3. The number of hydrogen-bond donors (Lipinski definition) is 0. The first kappa shape index (κ1) is 19.2. The van der Waals surface area contributed by atoms with Gasteiger partial charge in [-0.05, 0) is 59.9 Å². The van der Waals surface area contributed by atoms with Crippen molar-refractivity contribution in [3.63, 3.8) is 0 Å². The van der Waals surface area contributed by atoms with Gasteiger partial charge in [-0.1, -0.05) is 23.8 Å². The highest BCUT2D eigenvalue weighted by Gasteiger charge is 2.35. The number of aromatic nitrogens is 4. The van der Waals surface area contributed by atoms with E-state index in [-0.39, 0.29) is 12.4 Å². The zero-order valence-electron chi connectivity index (χ0n) is 15.9. The van der Waals surface area contributed by atoms with E-state index in [4.69, 9.17) is 4.74 Å². The van der Waals surface area contributed by atoms with Crippen LogP contribution in [0.4, 0.5) is 13.2 Å². The summed E-state index contributed by atoms with van der Waals surface area (Å²) in [7, 11) is 1.48. The predicted molar refractivity (Wildman–Crippen MR) is 99.1 cm³/mol. The van der Waals surface area contributed by atoms with Crippen LogP contribution in [0.2, 0.25) is 0 Å². The molecule has 1 aliphatic rings. The Morgan fingerprint density at radius 2 is 1.93 bits per heavy atom. The van der Waals surface area contributed by atoms with Gasteiger partial charge < -0.3 is 4.74 Å². The summed E-state index contributed by atoms with van der Waals surface area (Å²) in [5.74, 6) is 0.0622. The predicted octanol–water partition coefficient (Wildman–Crippen LogP) is 3.75. The maximum absolute atomic E-state index is 13.4. The van der Waals surface area contributed by atoms with E-state index in [1.165, 1.54) is 13.1 Å². The van der Waals surface area contributed by atoms with Gasteiger partial charge in [0.1, 0.15) is 12.4 Å². The molecule has 2 aromatic carbocycles. The molecule has 3 aromatic rings. The van der Waals surface area contributed by atoms with Crippen LogP contribution in [0.5, 0.6) is 5.75 Å². The first-order chi connectivity index (χ1) is 13.8. The molecule has 0 radical (unpaired) electrons. The maximum Gasteiger partial charge on any atom is 0.419 e. The van der Waals surface area contributed by atoms with Crippen molar-refractivity contribution in [2.24, 2.45) is 7.05 Å². The van der Waals surface area contributed by atoms with Crippen molar-refractivity contribution in [1.82, 2.24) is 19.8 Å². The monoisotopic (exact) mass is 404 g/mol. The van der Waals surface area contributed by atoms with Gasteiger partial charge >= 0.3 is 11.9 Å². The second kappa shape index (κ2) is 7.06. The molecule has 6 nitrogen and oxygen atoms in total. The van der Waals surface area contributed by atoms with E-state index in [1.54, 1.807) is 25.1 Å². The van der Waals surface area contributed by atoms with E-state index in [0.717, 1.165) is 33.8 Å². The second-order valence-corrected chi connectivity index (χ2v) is 7.20. The van der Waals surface area contributed by atoms with E-state index in [0.29, 0.717) is 22.7 Å². The van der Waals surface area contributed by atoms with Crippen LogP contribution in [0, 0.1) is 6.92 Å². The fourth-order valence-electron chi connectivity index (χ4n) is 3.33. The summed E-state index contributed by atoms with van der Waals surface area (Å²) in [5.41, 5.74) is 1.31. The highest BCUT2D eigenvalue weighted by molar-refractivity contribution is 5.48. The van der Waals surface area contributed by atoms with Crippen molar-refractivity contribution >= 4 is 0 Å². The smallest absolute Gasteiger partial charge is 0.419 e. The highest BCUT2D eigenvalue weighted by atomic mass is 19.4. The van der Waals surface area contributed by atoms with Gasteiger partial charge in [0.2, 0.25) is 0 Å². The molecule has 1 fully saturated rings. The van der Waals surface area contributed by atoms with Crippen LogP contribution in [0.1, 0.15) is 41.0 Å². The normalized spacial score (nSPS) is 14.2. The Balaban J connectivity index is 1.75. The highest BCUT2D eigenvalue weighted by Crippen LogP contribution is 2.43. The second-order valence-electron chi connectivity index (χ2n) is 7.20. The minimum Gasteiger partial charge on any atom is -0.488 e. The van der Waals surface area contributed by atoms with Crippen molar-refractivity contribution < 1.29 is 17.9 Å². The van der Waals surface area contributed by atoms with Crippen molar-refractivity contribution in [2.75, 3.05) is 0 Å². The van der Waals surface area contributed by atoms with Gasteiger partial charge in [-0.2, -0.15) is 22.5 Å². The third-order valence-corrected chi connectivity index (χ3v) is 4.97. The van der Waals surface area contributed by atoms with Crippen LogP contribution in [0.15, 0.2) is 41.2 Å². The molecule has 1 heterocycles. The lowest BCUT2D eigenvalue weighted by molar-refractivity contribution is -0.139. The molecule has 0 spiro atoms. The number of alkyl halides is 3. The third kappa shape index (κ3) is 3.76. The van der Waals surface area contributed by atoms with E-state index in [1.807, 2.05) is 6.07 Å². The molecule has 152 valence electrons. The van der Waals surface area contributed by atoms with Crippen LogP contribution < -0.4 is 10.4 Å². The Bertz CT molecular complexity index is 1110.